The van der Waals surface area contributed by atoms with Gasteiger partial charge in [0.25, 0.3) is 0 Å². The smallest absolute Gasteiger partial charge is 0.341 e. The highest BCUT2D eigenvalue weighted by Crippen LogP contribution is 2.37. The molecule has 0 atom stereocenters. The molecule has 2 aromatic rings. The topological polar surface area (TPSA) is 98.0 Å². The number of rotatable bonds is 6. The monoisotopic (exact) mass is 403 g/mol. The number of aromatic nitrogens is 1. The lowest BCUT2D eigenvalue weighted by Gasteiger charge is -2.16. The summed E-state index contributed by atoms with van der Waals surface area (Å²) in [6.07, 6.45) is 3.88. The van der Waals surface area contributed by atoms with Gasteiger partial charge in [-0.1, -0.05) is 27.2 Å². The number of aliphatic hydroxyl groups excluding tert-OH is 1. The Morgan fingerprint density at radius 1 is 1.24 bits per heavy atom. The van der Waals surface area contributed by atoms with Gasteiger partial charge in [0.1, 0.15) is 23.7 Å². The van der Waals surface area contributed by atoms with E-state index in [1.165, 1.54) is 18.7 Å². The quantitative estimate of drug-likeness (QED) is 0.718. The highest BCUT2D eigenvalue weighted by molar-refractivity contribution is 5.87. The van der Waals surface area contributed by atoms with Crippen LogP contribution < -0.4 is 14.9 Å². The van der Waals surface area contributed by atoms with E-state index in [-0.39, 0.29) is 12.2 Å². The van der Waals surface area contributed by atoms with E-state index in [0.717, 1.165) is 17.5 Å². The number of pyridine rings is 1. The van der Waals surface area contributed by atoms with E-state index in [9.17, 15) is 14.7 Å². The van der Waals surface area contributed by atoms with Gasteiger partial charge in [0, 0.05) is 36.9 Å². The summed E-state index contributed by atoms with van der Waals surface area (Å²) in [4.78, 5) is 23.4. The number of nitrogens with zero attached hydrogens (tertiary/aromatic N) is 1. The van der Waals surface area contributed by atoms with Crippen molar-refractivity contribution in [1.82, 2.24) is 4.57 Å². The highest BCUT2D eigenvalue weighted by Gasteiger charge is 2.21. The van der Waals surface area contributed by atoms with Crippen LogP contribution in [0.4, 0.5) is 0 Å². The minimum Gasteiger partial charge on any atom is -0.493 e. The van der Waals surface area contributed by atoms with Crippen LogP contribution in [-0.4, -0.2) is 40.6 Å². The van der Waals surface area contributed by atoms with Crippen molar-refractivity contribution in [2.24, 2.45) is 0 Å². The Hall–Kier alpha value is -2.80. The lowest BCUT2D eigenvalue weighted by atomic mass is 10.0. The summed E-state index contributed by atoms with van der Waals surface area (Å²) >= 11 is 0. The molecule has 0 spiro atoms. The maximum Gasteiger partial charge on any atom is 0.341 e. The average Bonchev–Trinajstić information content (AvgIpc) is 2.86. The van der Waals surface area contributed by atoms with Crippen LogP contribution >= 0.6 is 0 Å². The molecule has 1 aliphatic rings. The Balaban J connectivity index is 0.000000941. The van der Waals surface area contributed by atoms with Gasteiger partial charge < -0.3 is 24.3 Å². The first-order chi connectivity index (χ1) is 14.0. The predicted molar refractivity (Wildman–Crippen MR) is 111 cm³/mol. The maximum atomic E-state index is 12.2. The molecule has 3 rings (SSSR count). The number of carboxylic acids is 1. The van der Waals surface area contributed by atoms with Gasteiger partial charge in [-0.05, 0) is 18.1 Å². The summed E-state index contributed by atoms with van der Waals surface area (Å²) in [6, 6.07) is 5.07. The second-order valence-electron chi connectivity index (χ2n) is 6.73. The van der Waals surface area contributed by atoms with Crippen LogP contribution in [0.3, 0.4) is 0 Å². The molecule has 0 radical (unpaired) electrons. The number of hydrogen-bond acceptors (Lipinski definition) is 5. The lowest BCUT2D eigenvalue weighted by Crippen LogP contribution is -2.19. The molecular formula is C22H29NO6. The van der Waals surface area contributed by atoms with Crippen molar-refractivity contribution in [2.45, 2.75) is 46.6 Å². The fourth-order valence-electron chi connectivity index (χ4n) is 2.99. The van der Waals surface area contributed by atoms with Crippen molar-refractivity contribution in [3.63, 3.8) is 0 Å². The molecule has 158 valence electrons. The van der Waals surface area contributed by atoms with E-state index in [1.807, 2.05) is 13.0 Å². The molecule has 0 bridgehead atoms. The minimum absolute atomic E-state index is 0.0606. The number of carboxylic acid groups (broad SMARTS) is 1. The molecule has 7 heteroatoms. The zero-order valence-corrected chi connectivity index (χ0v) is 17.2. The van der Waals surface area contributed by atoms with Crippen LogP contribution in [0.2, 0.25) is 0 Å². The summed E-state index contributed by atoms with van der Waals surface area (Å²) in [5, 5.41) is 18.1. The second-order valence-corrected chi connectivity index (χ2v) is 6.73. The van der Waals surface area contributed by atoms with Gasteiger partial charge >= 0.3 is 5.97 Å². The molecule has 2 heterocycles. The summed E-state index contributed by atoms with van der Waals surface area (Å²) in [5.41, 5.74) is 1.54. The molecule has 0 aliphatic carbocycles. The van der Waals surface area contributed by atoms with Gasteiger partial charge in [0.15, 0.2) is 5.43 Å². The molecule has 0 fully saturated rings. The first-order valence-electron chi connectivity index (χ1n) is 9.98. The van der Waals surface area contributed by atoms with Crippen molar-refractivity contribution in [2.75, 3.05) is 19.8 Å². The fourth-order valence-corrected chi connectivity index (χ4v) is 2.99. The standard InChI is InChI=1S/C19H21NO6.C3H8/c1-2-12-8-13-15-9-16(22)14(19(23)24)11-20(15)4-7-26-18(13)10-17(12)25-6-3-5-21;1-3-2/h8-11,21H,2-7H2,1H3,(H,23,24);3H2,1-2H3. The van der Waals surface area contributed by atoms with Crippen molar-refractivity contribution in [3.8, 4) is 22.8 Å². The average molecular weight is 403 g/mol. The summed E-state index contributed by atoms with van der Waals surface area (Å²) in [5.74, 6) is 0.0464. The first kappa shape index (κ1) is 22.5. The van der Waals surface area contributed by atoms with Crippen molar-refractivity contribution < 1.29 is 24.5 Å². The molecule has 1 aliphatic heterocycles. The van der Waals surface area contributed by atoms with E-state index in [0.29, 0.717) is 43.4 Å². The summed E-state index contributed by atoms with van der Waals surface area (Å²) in [6.45, 7) is 7.50. The Morgan fingerprint density at radius 3 is 2.59 bits per heavy atom. The molecule has 0 amide bonds. The Morgan fingerprint density at radius 2 is 1.97 bits per heavy atom. The largest absolute Gasteiger partial charge is 0.493 e. The molecule has 0 saturated heterocycles. The van der Waals surface area contributed by atoms with Gasteiger partial charge in [-0.2, -0.15) is 0 Å². The van der Waals surface area contributed by atoms with E-state index in [2.05, 4.69) is 13.8 Å². The van der Waals surface area contributed by atoms with E-state index < -0.39 is 11.4 Å². The van der Waals surface area contributed by atoms with Crippen LogP contribution in [0.1, 0.15) is 49.5 Å². The van der Waals surface area contributed by atoms with E-state index >= 15 is 0 Å². The van der Waals surface area contributed by atoms with Gasteiger partial charge in [-0.3, -0.25) is 4.79 Å². The number of carbonyl (C=O) groups is 1. The van der Waals surface area contributed by atoms with Gasteiger partial charge in [0.05, 0.1) is 18.8 Å². The third-order valence-electron chi connectivity index (χ3n) is 4.33. The lowest BCUT2D eigenvalue weighted by molar-refractivity contribution is 0.0694. The molecular weight excluding hydrogens is 374 g/mol. The Bertz CT molecular complexity index is 903. The fraction of sp³-hybridized carbons (Fsp3) is 0.455. The Labute approximate surface area is 170 Å². The normalized spacial score (nSPS) is 11.9. The van der Waals surface area contributed by atoms with Crippen LogP contribution in [0, 0.1) is 0 Å². The summed E-state index contributed by atoms with van der Waals surface area (Å²) < 4.78 is 13.3. The number of fused-ring (bicyclic) bond motifs is 3. The minimum atomic E-state index is -1.24. The van der Waals surface area contributed by atoms with Gasteiger partial charge in [-0.15, -0.1) is 0 Å². The number of hydrogen-bond donors (Lipinski definition) is 2. The Kier molecular flexibility index (Phi) is 8.27. The van der Waals surface area contributed by atoms with Crippen LogP contribution in [0.15, 0.2) is 29.2 Å². The van der Waals surface area contributed by atoms with Crippen LogP contribution in [0.5, 0.6) is 11.5 Å². The van der Waals surface area contributed by atoms with Crippen molar-refractivity contribution >= 4 is 5.97 Å². The van der Waals surface area contributed by atoms with Crippen LogP contribution in [0.25, 0.3) is 11.3 Å². The predicted octanol–water partition coefficient (Wildman–Crippen LogP) is 3.35. The third-order valence-corrected chi connectivity index (χ3v) is 4.33. The zero-order chi connectivity index (χ0) is 21.4. The van der Waals surface area contributed by atoms with Crippen molar-refractivity contribution in [1.29, 1.82) is 0 Å². The molecule has 1 aromatic carbocycles. The third kappa shape index (κ3) is 5.38. The molecule has 29 heavy (non-hydrogen) atoms. The number of ether oxygens (including phenoxy) is 2. The first-order valence-corrected chi connectivity index (χ1v) is 9.98. The number of aromatic carboxylic acids is 1. The van der Waals surface area contributed by atoms with Gasteiger partial charge in [0.2, 0.25) is 0 Å². The number of aliphatic hydroxyl groups is 1. The van der Waals surface area contributed by atoms with Crippen LogP contribution in [-0.2, 0) is 13.0 Å². The second kappa shape index (κ2) is 10.7. The van der Waals surface area contributed by atoms with E-state index in [4.69, 9.17) is 14.6 Å². The number of aryl methyl sites for hydroxylation is 1. The molecule has 0 unspecified atom stereocenters. The molecule has 2 N–H and O–H groups in total. The summed E-state index contributed by atoms with van der Waals surface area (Å²) in [7, 11) is 0. The number of benzene rings is 1. The molecule has 7 nitrogen and oxygen atoms in total. The zero-order valence-electron chi connectivity index (χ0n) is 17.2. The molecule has 0 saturated carbocycles. The maximum absolute atomic E-state index is 12.2. The molecule has 1 aromatic heterocycles. The van der Waals surface area contributed by atoms with E-state index in [1.54, 1.807) is 10.6 Å². The van der Waals surface area contributed by atoms with Crippen molar-refractivity contribution in [3.05, 3.63) is 45.7 Å². The highest BCUT2D eigenvalue weighted by atomic mass is 16.5. The van der Waals surface area contributed by atoms with Gasteiger partial charge in [-0.25, -0.2) is 4.79 Å². The SMILES string of the molecule is CCC.CCc1cc2c(cc1OCCCO)OCCn1cc(C(=O)O)c(=O)cc1-2.